The van der Waals surface area contributed by atoms with E-state index in [2.05, 4.69) is 15.9 Å². The van der Waals surface area contributed by atoms with E-state index in [9.17, 15) is 19.2 Å². The van der Waals surface area contributed by atoms with Crippen LogP contribution in [-0.4, -0.2) is 73.3 Å². The average molecular weight is 494 g/mol. The van der Waals surface area contributed by atoms with Crippen molar-refractivity contribution in [1.29, 1.82) is 0 Å². The van der Waals surface area contributed by atoms with Gasteiger partial charge < -0.3 is 19.4 Å². The zero-order valence-corrected chi connectivity index (χ0v) is 19.5. The van der Waals surface area contributed by atoms with Crippen LogP contribution in [-0.2, 0) is 23.9 Å². The van der Waals surface area contributed by atoms with Gasteiger partial charge in [-0.2, -0.15) is 0 Å². The fraction of sp³-hybridized carbons (Fsp3) is 0.545. The molecule has 9 heteroatoms. The number of likely N-dealkylation sites (N-methyl/N-ethyl adjacent to an activating group) is 1. The average Bonchev–Trinajstić information content (AvgIpc) is 3.15. The molecule has 31 heavy (non-hydrogen) atoms. The van der Waals surface area contributed by atoms with E-state index in [4.69, 9.17) is 4.74 Å². The third-order valence-corrected chi connectivity index (χ3v) is 6.50. The fourth-order valence-electron chi connectivity index (χ4n) is 4.09. The number of esters is 1. The quantitative estimate of drug-likeness (QED) is 0.566. The third-order valence-electron chi connectivity index (χ3n) is 5.83. The zero-order valence-electron chi connectivity index (χ0n) is 17.9. The highest BCUT2D eigenvalue weighted by Gasteiger charge is 2.38. The highest BCUT2D eigenvalue weighted by atomic mass is 79.9. The number of hydrogen-bond donors (Lipinski definition) is 0. The van der Waals surface area contributed by atoms with Crippen LogP contribution in [0.2, 0.25) is 0 Å². The molecule has 3 rings (SSSR count). The minimum atomic E-state index is -0.480. The number of likely N-dealkylation sites (tertiary alicyclic amines) is 1. The second-order valence-electron chi connectivity index (χ2n) is 7.96. The van der Waals surface area contributed by atoms with E-state index in [1.54, 1.807) is 23.8 Å². The number of ether oxygens (including phenoxy) is 1. The SMILES string of the molecule is CCOC(=O)C1CCN(C(=O)CN(C)C(=O)C2CC(=O)N(c3ccccc3Br)C2)CC1. The van der Waals surface area contributed by atoms with Crippen molar-refractivity contribution in [3.8, 4) is 0 Å². The predicted octanol–water partition coefficient (Wildman–Crippen LogP) is 2.06. The minimum Gasteiger partial charge on any atom is -0.466 e. The van der Waals surface area contributed by atoms with Crippen molar-refractivity contribution in [2.75, 3.05) is 44.7 Å². The lowest BCUT2D eigenvalue weighted by Gasteiger charge is -2.32. The second kappa shape index (κ2) is 10.3. The van der Waals surface area contributed by atoms with Crippen molar-refractivity contribution < 1.29 is 23.9 Å². The minimum absolute atomic E-state index is 0.0391. The number of anilines is 1. The van der Waals surface area contributed by atoms with Crippen LogP contribution in [0.1, 0.15) is 26.2 Å². The van der Waals surface area contributed by atoms with E-state index < -0.39 is 5.92 Å². The molecule has 0 radical (unpaired) electrons. The Morgan fingerprint density at radius 3 is 2.48 bits per heavy atom. The van der Waals surface area contributed by atoms with Gasteiger partial charge in [-0.15, -0.1) is 0 Å². The summed E-state index contributed by atoms with van der Waals surface area (Å²) >= 11 is 3.45. The Hall–Kier alpha value is -2.42. The molecule has 3 amide bonds. The maximum absolute atomic E-state index is 12.9. The highest BCUT2D eigenvalue weighted by Crippen LogP contribution is 2.31. The molecule has 1 unspecified atom stereocenters. The molecule has 0 aliphatic carbocycles. The number of carbonyl (C=O) groups excluding carboxylic acids is 4. The monoisotopic (exact) mass is 493 g/mol. The molecule has 2 aliphatic rings. The maximum Gasteiger partial charge on any atom is 0.309 e. The van der Waals surface area contributed by atoms with E-state index in [0.29, 0.717) is 39.1 Å². The highest BCUT2D eigenvalue weighted by molar-refractivity contribution is 9.10. The summed E-state index contributed by atoms with van der Waals surface area (Å²) in [5.74, 6) is -1.32. The topological polar surface area (TPSA) is 87.2 Å². The predicted molar refractivity (Wildman–Crippen MR) is 118 cm³/mol. The number of para-hydroxylation sites is 1. The molecule has 0 N–H and O–H groups in total. The summed E-state index contributed by atoms with van der Waals surface area (Å²) in [6.07, 6.45) is 1.27. The Kier molecular flexibility index (Phi) is 7.69. The van der Waals surface area contributed by atoms with Crippen molar-refractivity contribution >= 4 is 45.3 Å². The Bertz CT molecular complexity index is 853. The van der Waals surface area contributed by atoms with Crippen LogP contribution in [0.3, 0.4) is 0 Å². The van der Waals surface area contributed by atoms with E-state index in [1.807, 2.05) is 24.3 Å². The summed E-state index contributed by atoms with van der Waals surface area (Å²) in [4.78, 5) is 54.6. The standard InChI is InChI=1S/C22H28BrN3O5/c1-3-31-22(30)15-8-10-25(11-9-15)20(28)14-24(2)21(29)16-12-19(27)26(13-16)18-7-5-4-6-17(18)23/h4-7,15-16H,3,8-14H2,1-2H3. The molecular weight excluding hydrogens is 466 g/mol. The van der Waals surface area contributed by atoms with Crippen molar-refractivity contribution in [3.05, 3.63) is 28.7 Å². The number of rotatable bonds is 6. The molecule has 0 spiro atoms. The van der Waals surface area contributed by atoms with Crippen LogP contribution >= 0.6 is 15.9 Å². The van der Waals surface area contributed by atoms with Crippen molar-refractivity contribution in [3.63, 3.8) is 0 Å². The van der Waals surface area contributed by atoms with Gasteiger partial charge in [-0.3, -0.25) is 19.2 Å². The molecule has 0 saturated carbocycles. The van der Waals surface area contributed by atoms with Gasteiger partial charge in [0.2, 0.25) is 17.7 Å². The second-order valence-corrected chi connectivity index (χ2v) is 8.81. The Balaban J connectivity index is 1.52. The van der Waals surface area contributed by atoms with E-state index in [-0.39, 0.29) is 42.6 Å². The largest absolute Gasteiger partial charge is 0.466 e. The Morgan fingerprint density at radius 1 is 1.16 bits per heavy atom. The van der Waals surface area contributed by atoms with Gasteiger partial charge in [0.25, 0.3) is 0 Å². The molecule has 168 valence electrons. The van der Waals surface area contributed by atoms with Gasteiger partial charge in [-0.25, -0.2) is 0 Å². The number of halogens is 1. The summed E-state index contributed by atoms with van der Waals surface area (Å²) in [6.45, 7) is 3.34. The van der Waals surface area contributed by atoms with Gasteiger partial charge >= 0.3 is 5.97 Å². The van der Waals surface area contributed by atoms with Crippen LogP contribution in [0.15, 0.2) is 28.7 Å². The smallest absolute Gasteiger partial charge is 0.309 e. The van der Waals surface area contributed by atoms with E-state index in [1.165, 1.54) is 4.90 Å². The van der Waals surface area contributed by atoms with Crippen LogP contribution < -0.4 is 4.90 Å². The van der Waals surface area contributed by atoms with Crippen molar-refractivity contribution in [2.45, 2.75) is 26.2 Å². The zero-order chi connectivity index (χ0) is 22.5. The summed E-state index contributed by atoms with van der Waals surface area (Å²) in [5.41, 5.74) is 0.742. The molecule has 2 aliphatic heterocycles. The lowest BCUT2D eigenvalue weighted by molar-refractivity contribution is -0.151. The van der Waals surface area contributed by atoms with Crippen molar-refractivity contribution in [2.24, 2.45) is 11.8 Å². The van der Waals surface area contributed by atoms with Gasteiger partial charge in [-0.1, -0.05) is 12.1 Å². The number of nitrogens with zero attached hydrogens (tertiary/aromatic N) is 3. The van der Waals surface area contributed by atoms with Gasteiger partial charge in [-0.05, 0) is 47.8 Å². The Morgan fingerprint density at radius 2 is 1.84 bits per heavy atom. The van der Waals surface area contributed by atoms with Gasteiger partial charge in [0, 0.05) is 37.6 Å². The lowest BCUT2D eigenvalue weighted by Crippen LogP contribution is -2.46. The first-order chi connectivity index (χ1) is 14.8. The van der Waals surface area contributed by atoms with E-state index in [0.717, 1.165) is 10.2 Å². The van der Waals surface area contributed by atoms with Gasteiger partial charge in [0.1, 0.15) is 0 Å². The molecule has 0 bridgehead atoms. The third kappa shape index (κ3) is 5.44. The molecule has 1 aromatic carbocycles. The molecular formula is C22H28BrN3O5. The summed E-state index contributed by atoms with van der Waals surface area (Å²) in [6, 6.07) is 7.40. The molecule has 1 aromatic rings. The maximum atomic E-state index is 12.9. The molecule has 0 aromatic heterocycles. The van der Waals surface area contributed by atoms with Crippen LogP contribution in [0.4, 0.5) is 5.69 Å². The lowest BCUT2D eigenvalue weighted by atomic mass is 9.97. The molecule has 2 fully saturated rings. The first-order valence-electron chi connectivity index (χ1n) is 10.6. The number of benzene rings is 1. The van der Waals surface area contributed by atoms with Gasteiger partial charge in [0.15, 0.2) is 0 Å². The molecule has 1 atom stereocenters. The van der Waals surface area contributed by atoms with Crippen LogP contribution in [0.25, 0.3) is 0 Å². The van der Waals surface area contributed by atoms with Crippen molar-refractivity contribution in [1.82, 2.24) is 9.80 Å². The number of carbonyl (C=O) groups is 4. The summed E-state index contributed by atoms with van der Waals surface area (Å²) in [5, 5.41) is 0. The normalized spacial score (nSPS) is 19.5. The molecule has 2 heterocycles. The van der Waals surface area contributed by atoms with Gasteiger partial charge in [0.05, 0.1) is 30.7 Å². The Labute approximate surface area is 190 Å². The summed E-state index contributed by atoms with van der Waals surface area (Å²) < 4.78 is 5.85. The fourth-order valence-corrected chi connectivity index (χ4v) is 4.59. The number of amides is 3. The first-order valence-corrected chi connectivity index (χ1v) is 11.3. The number of hydrogen-bond acceptors (Lipinski definition) is 5. The van der Waals surface area contributed by atoms with Crippen LogP contribution in [0.5, 0.6) is 0 Å². The molecule has 8 nitrogen and oxygen atoms in total. The first kappa shape index (κ1) is 23.2. The number of piperidine rings is 1. The van der Waals surface area contributed by atoms with E-state index >= 15 is 0 Å². The summed E-state index contributed by atoms with van der Waals surface area (Å²) in [7, 11) is 1.59. The molecule has 2 saturated heterocycles. The van der Waals surface area contributed by atoms with Crippen LogP contribution in [0, 0.1) is 11.8 Å².